The Morgan fingerprint density at radius 3 is 2.61 bits per heavy atom. The molecular weight excluding hydrogens is 295 g/mol. The summed E-state index contributed by atoms with van der Waals surface area (Å²) in [4.78, 5) is 12.3. The topological polar surface area (TPSA) is 62.1 Å². The summed E-state index contributed by atoms with van der Waals surface area (Å²) in [6.45, 7) is 2.10. The van der Waals surface area contributed by atoms with Crippen LogP contribution in [0.3, 0.4) is 0 Å². The number of nitrogens with zero attached hydrogens (tertiary/aromatic N) is 1. The van der Waals surface area contributed by atoms with E-state index in [-0.39, 0.29) is 12.1 Å². The highest BCUT2D eigenvalue weighted by molar-refractivity contribution is 5.82. The molecule has 0 heterocycles. The Morgan fingerprint density at radius 1 is 1.30 bits per heavy atom. The summed E-state index contributed by atoms with van der Waals surface area (Å²) >= 11 is 0. The highest BCUT2D eigenvalue weighted by atomic mass is 19.1. The van der Waals surface area contributed by atoms with Crippen LogP contribution < -0.4 is 5.32 Å². The van der Waals surface area contributed by atoms with Crippen LogP contribution in [-0.4, -0.2) is 13.0 Å². The average molecular weight is 312 g/mol. The van der Waals surface area contributed by atoms with Gasteiger partial charge in [-0.3, -0.25) is 4.79 Å². The van der Waals surface area contributed by atoms with Crippen molar-refractivity contribution >= 4 is 5.91 Å². The molecule has 0 saturated heterocycles. The van der Waals surface area contributed by atoms with Crippen molar-refractivity contribution in [2.75, 3.05) is 7.11 Å². The van der Waals surface area contributed by atoms with E-state index in [4.69, 9.17) is 10.00 Å². The van der Waals surface area contributed by atoms with E-state index in [2.05, 4.69) is 5.32 Å². The largest absolute Gasteiger partial charge is 0.367 e. The predicted octanol–water partition coefficient (Wildman–Crippen LogP) is 3.01. The number of rotatable bonds is 5. The first kappa shape index (κ1) is 16.7. The van der Waals surface area contributed by atoms with E-state index in [0.717, 1.165) is 11.1 Å². The van der Waals surface area contributed by atoms with Crippen molar-refractivity contribution in [3.8, 4) is 6.07 Å². The van der Waals surface area contributed by atoms with Gasteiger partial charge in [-0.2, -0.15) is 5.26 Å². The van der Waals surface area contributed by atoms with Gasteiger partial charge in [0.25, 0.3) is 5.91 Å². The Labute approximate surface area is 134 Å². The fraction of sp³-hybridized carbons (Fsp3) is 0.222. The summed E-state index contributed by atoms with van der Waals surface area (Å²) in [5.74, 6) is -0.891. The number of benzene rings is 2. The van der Waals surface area contributed by atoms with Crippen molar-refractivity contribution in [2.45, 2.75) is 19.6 Å². The fourth-order valence-electron chi connectivity index (χ4n) is 2.22. The third-order valence-corrected chi connectivity index (χ3v) is 3.46. The van der Waals surface area contributed by atoms with E-state index < -0.39 is 17.8 Å². The summed E-state index contributed by atoms with van der Waals surface area (Å²) in [6, 6.07) is 13.5. The normalized spacial score (nSPS) is 11.6. The second kappa shape index (κ2) is 7.52. The van der Waals surface area contributed by atoms with Gasteiger partial charge in [-0.05, 0) is 30.7 Å². The Hall–Kier alpha value is -2.71. The van der Waals surface area contributed by atoms with E-state index in [1.165, 1.54) is 13.2 Å². The second-order valence-corrected chi connectivity index (χ2v) is 5.17. The first-order chi connectivity index (χ1) is 11.0. The maximum atomic E-state index is 13.9. The quantitative estimate of drug-likeness (QED) is 0.923. The highest BCUT2D eigenvalue weighted by Gasteiger charge is 2.23. The number of carbonyl (C=O) groups is 1. The molecule has 0 aromatic heterocycles. The lowest BCUT2D eigenvalue weighted by molar-refractivity contribution is -0.131. The average Bonchev–Trinajstić information content (AvgIpc) is 2.57. The van der Waals surface area contributed by atoms with Crippen molar-refractivity contribution in [1.29, 1.82) is 5.26 Å². The second-order valence-electron chi connectivity index (χ2n) is 5.17. The Balaban J connectivity index is 2.08. The first-order valence-electron chi connectivity index (χ1n) is 7.10. The number of aryl methyl sites for hydroxylation is 1. The minimum absolute atomic E-state index is 0.213. The summed E-state index contributed by atoms with van der Waals surface area (Å²) in [6.07, 6.45) is -1.01. The molecule has 1 atom stereocenters. The lowest BCUT2D eigenvalue weighted by Gasteiger charge is -2.17. The van der Waals surface area contributed by atoms with Crippen LogP contribution in [0.4, 0.5) is 4.39 Å². The van der Waals surface area contributed by atoms with Crippen molar-refractivity contribution in [3.05, 3.63) is 70.5 Å². The molecule has 5 heteroatoms. The lowest BCUT2D eigenvalue weighted by atomic mass is 10.0. The van der Waals surface area contributed by atoms with Gasteiger partial charge in [-0.15, -0.1) is 0 Å². The molecule has 23 heavy (non-hydrogen) atoms. The summed E-state index contributed by atoms with van der Waals surface area (Å²) < 4.78 is 19.1. The van der Waals surface area contributed by atoms with Crippen molar-refractivity contribution < 1.29 is 13.9 Å². The summed E-state index contributed by atoms with van der Waals surface area (Å²) in [7, 11) is 1.37. The predicted molar refractivity (Wildman–Crippen MR) is 83.9 cm³/mol. The fourth-order valence-corrected chi connectivity index (χ4v) is 2.22. The monoisotopic (exact) mass is 312 g/mol. The van der Waals surface area contributed by atoms with Gasteiger partial charge in [0, 0.05) is 19.2 Å². The van der Waals surface area contributed by atoms with Gasteiger partial charge < -0.3 is 10.1 Å². The maximum absolute atomic E-state index is 13.9. The molecule has 0 aliphatic carbocycles. The van der Waals surface area contributed by atoms with Crippen LogP contribution in [0.5, 0.6) is 0 Å². The molecular formula is C18H17FN2O2. The zero-order valence-corrected chi connectivity index (χ0v) is 13.0. The van der Waals surface area contributed by atoms with Gasteiger partial charge in [-0.1, -0.05) is 29.8 Å². The van der Waals surface area contributed by atoms with E-state index in [9.17, 15) is 9.18 Å². The molecule has 1 amide bonds. The van der Waals surface area contributed by atoms with Crippen molar-refractivity contribution in [1.82, 2.24) is 5.32 Å². The summed E-state index contributed by atoms with van der Waals surface area (Å²) in [5, 5.41) is 11.5. The third-order valence-electron chi connectivity index (χ3n) is 3.46. The van der Waals surface area contributed by atoms with Gasteiger partial charge >= 0.3 is 0 Å². The van der Waals surface area contributed by atoms with Crippen molar-refractivity contribution in [3.63, 3.8) is 0 Å². The molecule has 4 nitrogen and oxygen atoms in total. The van der Waals surface area contributed by atoms with E-state index in [1.807, 2.05) is 13.0 Å². The number of hydrogen-bond acceptors (Lipinski definition) is 3. The Morgan fingerprint density at radius 2 is 2.00 bits per heavy atom. The third kappa shape index (κ3) is 4.15. The van der Waals surface area contributed by atoms with Gasteiger partial charge in [0.2, 0.25) is 0 Å². The SMILES string of the molecule is COC(C(=O)NCc1ccc(C#N)cc1)c1cc(C)ccc1F. The smallest absolute Gasteiger partial charge is 0.254 e. The molecule has 2 rings (SSSR count). The van der Waals surface area contributed by atoms with Crippen LogP contribution in [0.2, 0.25) is 0 Å². The van der Waals surface area contributed by atoms with Gasteiger partial charge in [0.15, 0.2) is 6.10 Å². The molecule has 0 radical (unpaired) electrons. The molecule has 0 spiro atoms. The Kier molecular flexibility index (Phi) is 5.45. The summed E-state index contributed by atoms with van der Waals surface area (Å²) in [5.41, 5.74) is 2.46. The molecule has 0 bridgehead atoms. The number of carbonyl (C=O) groups excluding carboxylic acids is 1. The molecule has 1 unspecified atom stereocenters. The first-order valence-corrected chi connectivity index (χ1v) is 7.10. The number of amides is 1. The van der Waals surface area contributed by atoms with Crippen LogP contribution in [0.25, 0.3) is 0 Å². The Bertz CT molecular complexity index is 736. The highest BCUT2D eigenvalue weighted by Crippen LogP contribution is 2.22. The number of halogens is 1. The van der Waals surface area contributed by atoms with E-state index in [0.29, 0.717) is 5.56 Å². The molecule has 2 aromatic rings. The number of nitrogens with one attached hydrogen (secondary N) is 1. The van der Waals surface area contributed by atoms with Crippen LogP contribution in [0, 0.1) is 24.1 Å². The van der Waals surface area contributed by atoms with Crippen LogP contribution in [-0.2, 0) is 16.1 Å². The minimum atomic E-state index is -1.01. The zero-order chi connectivity index (χ0) is 16.8. The molecule has 0 saturated carbocycles. The number of ether oxygens (including phenoxy) is 1. The lowest BCUT2D eigenvalue weighted by Crippen LogP contribution is -2.30. The number of nitriles is 1. The standard InChI is InChI=1S/C18H17FN2O2/c1-12-3-8-16(19)15(9-12)17(23-2)18(22)21-11-14-6-4-13(10-20)5-7-14/h3-9,17H,11H2,1-2H3,(H,21,22). The van der Waals surface area contributed by atoms with Crippen LogP contribution in [0.15, 0.2) is 42.5 Å². The minimum Gasteiger partial charge on any atom is -0.367 e. The molecule has 0 fully saturated rings. The van der Waals surface area contributed by atoms with E-state index in [1.54, 1.807) is 36.4 Å². The molecule has 0 aliphatic rings. The van der Waals surface area contributed by atoms with Crippen molar-refractivity contribution in [2.24, 2.45) is 0 Å². The molecule has 0 aliphatic heterocycles. The molecule has 118 valence electrons. The van der Waals surface area contributed by atoms with E-state index >= 15 is 0 Å². The number of hydrogen-bond donors (Lipinski definition) is 1. The maximum Gasteiger partial charge on any atom is 0.254 e. The zero-order valence-electron chi connectivity index (χ0n) is 13.0. The van der Waals surface area contributed by atoms with Gasteiger partial charge in [0.05, 0.1) is 11.6 Å². The molecule has 1 N–H and O–H groups in total. The molecule has 2 aromatic carbocycles. The van der Waals surface area contributed by atoms with Crippen LogP contribution >= 0.6 is 0 Å². The number of methoxy groups -OCH3 is 1. The van der Waals surface area contributed by atoms with Crippen LogP contribution in [0.1, 0.15) is 28.4 Å². The van der Waals surface area contributed by atoms with Gasteiger partial charge in [-0.25, -0.2) is 4.39 Å². The van der Waals surface area contributed by atoms with Gasteiger partial charge in [0.1, 0.15) is 5.82 Å².